The van der Waals surface area contributed by atoms with Crippen molar-refractivity contribution in [2.75, 3.05) is 19.4 Å². The summed E-state index contributed by atoms with van der Waals surface area (Å²) in [5.41, 5.74) is 4.91. The number of nitrogens with one attached hydrogen (secondary N) is 1. The number of amides is 1. The second kappa shape index (κ2) is 8.95. The van der Waals surface area contributed by atoms with Crippen LogP contribution in [0.25, 0.3) is 0 Å². The summed E-state index contributed by atoms with van der Waals surface area (Å²) in [7, 11) is 1.67. The first-order valence-electron chi connectivity index (χ1n) is 7.33. The van der Waals surface area contributed by atoms with Crippen molar-refractivity contribution in [3.63, 3.8) is 0 Å². The summed E-state index contributed by atoms with van der Waals surface area (Å²) in [5.74, 6) is 1.54. The maximum absolute atomic E-state index is 11.6. The molecule has 0 radical (unpaired) electrons. The number of carbonyl (C=O) groups excluding carboxylic acids is 1. The number of nitrogens with two attached hydrogens (primary N) is 1. The molecule has 0 aliphatic heterocycles. The third-order valence-electron chi connectivity index (χ3n) is 3.44. The quantitative estimate of drug-likeness (QED) is 0.515. The smallest absolute Gasteiger partial charge is 0.237 e. The second-order valence-electron chi connectivity index (χ2n) is 5.25. The Bertz CT molecular complexity index is 454. The molecule has 0 saturated carbocycles. The molecular formula is C16H26N2O2S. The van der Waals surface area contributed by atoms with Crippen molar-refractivity contribution in [2.45, 2.75) is 43.5 Å². The van der Waals surface area contributed by atoms with E-state index in [4.69, 9.17) is 10.5 Å². The highest BCUT2D eigenvalue weighted by molar-refractivity contribution is 7.99. The molecule has 0 saturated heterocycles. The standard InChI is InChI=1S/C16H26N2O2S/c1-4-10-18-16(2,15(17)19)9-6-11-21-14-8-5-7-13(12-14)20-3/h5,7-8,12,18H,4,6,9-11H2,1-3H3,(H2,17,19). The molecule has 0 heterocycles. The van der Waals surface area contributed by atoms with E-state index in [0.29, 0.717) is 0 Å². The molecule has 0 aromatic heterocycles. The second-order valence-corrected chi connectivity index (χ2v) is 6.42. The molecule has 0 fully saturated rings. The maximum Gasteiger partial charge on any atom is 0.237 e. The summed E-state index contributed by atoms with van der Waals surface area (Å²) in [5, 5.41) is 3.26. The lowest BCUT2D eigenvalue weighted by Crippen LogP contribution is -2.53. The fraction of sp³-hybridized carbons (Fsp3) is 0.562. The Labute approximate surface area is 131 Å². The monoisotopic (exact) mass is 310 g/mol. The molecule has 1 aromatic carbocycles. The van der Waals surface area contributed by atoms with Crippen molar-refractivity contribution < 1.29 is 9.53 Å². The molecule has 0 bridgehead atoms. The van der Waals surface area contributed by atoms with Gasteiger partial charge in [0, 0.05) is 4.90 Å². The lowest BCUT2D eigenvalue weighted by molar-refractivity contribution is -0.124. The Morgan fingerprint density at radius 3 is 2.86 bits per heavy atom. The van der Waals surface area contributed by atoms with E-state index in [9.17, 15) is 4.79 Å². The van der Waals surface area contributed by atoms with Gasteiger partial charge < -0.3 is 15.8 Å². The summed E-state index contributed by atoms with van der Waals surface area (Å²) in [6.07, 6.45) is 2.67. The maximum atomic E-state index is 11.6. The number of hydrogen-bond donors (Lipinski definition) is 2. The molecule has 118 valence electrons. The van der Waals surface area contributed by atoms with Crippen LogP contribution in [0.3, 0.4) is 0 Å². The van der Waals surface area contributed by atoms with Gasteiger partial charge >= 0.3 is 0 Å². The van der Waals surface area contributed by atoms with Gasteiger partial charge in [-0.3, -0.25) is 4.79 Å². The fourth-order valence-electron chi connectivity index (χ4n) is 2.01. The normalized spacial score (nSPS) is 13.7. The van der Waals surface area contributed by atoms with E-state index in [1.165, 1.54) is 4.90 Å². The van der Waals surface area contributed by atoms with Crippen molar-refractivity contribution in [1.29, 1.82) is 0 Å². The first-order valence-corrected chi connectivity index (χ1v) is 8.32. The number of methoxy groups -OCH3 is 1. The molecule has 3 N–H and O–H groups in total. The van der Waals surface area contributed by atoms with Crippen LogP contribution in [0.2, 0.25) is 0 Å². The largest absolute Gasteiger partial charge is 0.497 e. The predicted molar refractivity (Wildman–Crippen MR) is 88.8 cm³/mol. The lowest BCUT2D eigenvalue weighted by Gasteiger charge is -2.27. The van der Waals surface area contributed by atoms with Crippen LogP contribution in [0.4, 0.5) is 0 Å². The van der Waals surface area contributed by atoms with Gasteiger partial charge in [0.25, 0.3) is 0 Å². The fourth-order valence-corrected chi connectivity index (χ4v) is 2.90. The minimum atomic E-state index is -0.606. The van der Waals surface area contributed by atoms with Gasteiger partial charge in [0.05, 0.1) is 12.6 Å². The zero-order valence-electron chi connectivity index (χ0n) is 13.1. The van der Waals surface area contributed by atoms with E-state index < -0.39 is 5.54 Å². The van der Waals surface area contributed by atoms with Gasteiger partial charge in [-0.1, -0.05) is 13.0 Å². The van der Waals surface area contributed by atoms with Crippen LogP contribution >= 0.6 is 11.8 Å². The first-order chi connectivity index (χ1) is 10.0. The lowest BCUT2D eigenvalue weighted by atomic mass is 9.95. The molecule has 0 aliphatic rings. The van der Waals surface area contributed by atoms with Crippen LogP contribution in [0.1, 0.15) is 33.1 Å². The van der Waals surface area contributed by atoms with Gasteiger partial charge in [0.15, 0.2) is 0 Å². The van der Waals surface area contributed by atoms with Crippen LogP contribution in [-0.4, -0.2) is 30.9 Å². The van der Waals surface area contributed by atoms with Crippen molar-refractivity contribution >= 4 is 17.7 Å². The number of carbonyl (C=O) groups is 1. The molecule has 21 heavy (non-hydrogen) atoms. The Balaban J connectivity index is 2.42. The van der Waals surface area contributed by atoms with Crippen molar-refractivity contribution in [3.05, 3.63) is 24.3 Å². The highest BCUT2D eigenvalue weighted by Gasteiger charge is 2.29. The molecule has 1 amide bonds. The zero-order valence-corrected chi connectivity index (χ0v) is 14.0. The minimum absolute atomic E-state index is 0.276. The highest BCUT2D eigenvalue weighted by atomic mass is 32.2. The molecule has 1 atom stereocenters. The molecule has 4 nitrogen and oxygen atoms in total. The van der Waals surface area contributed by atoms with Crippen LogP contribution < -0.4 is 15.8 Å². The SMILES string of the molecule is CCCNC(C)(CCCSc1cccc(OC)c1)C(N)=O. The molecule has 0 aliphatic carbocycles. The van der Waals surface area contributed by atoms with Crippen molar-refractivity contribution in [1.82, 2.24) is 5.32 Å². The predicted octanol–water partition coefficient (Wildman–Crippen LogP) is 2.81. The van der Waals surface area contributed by atoms with E-state index in [0.717, 1.165) is 37.3 Å². The Morgan fingerprint density at radius 2 is 2.24 bits per heavy atom. The zero-order chi connectivity index (χ0) is 15.7. The summed E-state index contributed by atoms with van der Waals surface area (Å²) >= 11 is 1.77. The van der Waals surface area contributed by atoms with Crippen LogP contribution in [-0.2, 0) is 4.79 Å². The van der Waals surface area contributed by atoms with Crippen LogP contribution in [0.15, 0.2) is 29.2 Å². The van der Waals surface area contributed by atoms with Gasteiger partial charge in [-0.25, -0.2) is 0 Å². The average molecular weight is 310 g/mol. The number of hydrogen-bond acceptors (Lipinski definition) is 4. The summed E-state index contributed by atoms with van der Waals surface area (Å²) < 4.78 is 5.21. The molecule has 1 aromatic rings. The van der Waals surface area contributed by atoms with E-state index in [2.05, 4.69) is 18.3 Å². The van der Waals surface area contributed by atoms with E-state index in [1.54, 1.807) is 18.9 Å². The average Bonchev–Trinajstić information content (AvgIpc) is 2.49. The Morgan fingerprint density at radius 1 is 1.48 bits per heavy atom. The molecule has 0 spiro atoms. The number of ether oxygens (including phenoxy) is 1. The van der Waals surface area contributed by atoms with Gasteiger partial charge in [-0.05, 0) is 56.7 Å². The first kappa shape index (κ1) is 17.9. The van der Waals surface area contributed by atoms with E-state index in [-0.39, 0.29) is 5.91 Å². The van der Waals surface area contributed by atoms with Crippen molar-refractivity contribution in [2.24, 2.45) is 5.73 Å². The number of primary amides is 1. The highest BCUT2D eigenvalue weighted by Crippen LogP contribution is 2.24. The van der Waals surface area contributed by atoms with Crippen LogP contribution in [0.5, 0.6) is 5.75 Å². The number of thioether (sulfide) groups is 1. The van der Waals surface area contributed by atoms with Gasteiger partial charge in [0.2, 0.25) is 5.91 Å². The summed E-state index contributed by atoms with van der Waals surface area (Å²) in [6, 6.07) is 8.00. The van der Waals surface area contributed by atoms with Crippen molar-refractivity contribution in [3.8, 4) is 5.75 Å². The molecule has 5 heteroatoms. The number of benzene rings is 1. The van der Waals surface area contributed by atoms with Gasteiger partial charge in [-0.15, -0.1) is 11.8 Å². The summed E-state index contributed by atoms with van der Waals surface area (Å²) in [6.45, 7) is 4.77. The van der Waals surface area contributed by atoms with Gasteiger partial charge in [0.1, 0.15) is 5.75 Å². The molecule has 1 rings (SSSR count). The van der Waals surface area contributed by atoms with E-state index >= 15 is 0 Å². The minimum Gasteiger partial charge on any atom is -0.497 e. The van der Waals surface area contributed by atoms with E-state index in [1.807, 2.05) is 25.1 Å². The van der Waals surface area contributed by atoms with Crippen LogP contribution in [0, 0.1) is 0 Å². The molecule has 1 unspecified atom stereocenters. The van der Waals surface area contributed by atoms with Gasteiger partial charge in [-0.2, -0.15) is 0 Å². The Hall–Kier alpha value is -1.20. The number of rotatable bonds is 10. The third kappa shape index (κ3) is 5.98. The summed E-state index contributed by atoms with van der Waals surface area (Å²) in [4.78, 5) is 12.8. The topological polar surface area (TPSA) is 64.3 Å². The Kier molecular flexibility index (Phi) is 7.61. The molecular weight excluding hydrogens is 284 g/mol. The third-order valence-corrected chi connectivity index (χ3v) is 4.52.